The predicted octanol–water partition coefficient (Wildman–Crippen LogP) is 3.42. The third-order valence-electron chi connectivity index (χ3n) is 2.30. The van der Waals surface area contributed by atoms with E-state index in [9.17, 15) is 14.5 Å². The Hall–Kier alpha value is -1.95. The van der Waals surface area contributed by atoms with E-state index in [1.54, 1.807) is 11.3 Å². The smallest absolute Gasteiger partial charge is 0.311 e. The highest BCUT2D eigenvalue weighted by Gasteiger charge is 2.15. The normalized spacial score (nSPS) is 10.3. The molecule has 0 aliphatic rings. The monoisotopic (exact) mass is 267 g/mol. The van der Waals surface area contributed by atoms with Crippen LogP contribution in [0, 0.1) is 15.9 Å². The summed E-state index contributed by atoms with van der Waals surface area (Å²) in [5, 5.41) is 12.7. The van der Waals surface area contributed by atoms with Crippen LogP contribution >= 0.6 is 11.3 Å². The number of hydrogen-bond acceptors (Lipinski definition) is 4. The SMILES string of the molecule is O=[N+]([O-])c1ccc(F)cc1OCCc1cccs1. The molecule has 4 nitrogen and oxygen atoms in total. The van der Waals surface area contributed by atoms with Gasteiger partial charge in [-0.05, 0) is 17.5 Å². The number of halogens is 1. The van der Waals surface area contributed by atoms with Crippen molar-refractivity contribution in [3.63, 3.8) is 0 Å². The second-order valence-corrected chi connectivity index (χ2v) is 4.58. The van der Waals surface area contributed by atoms with Crippen LogP contribution in [0.5, 0.6) is 5.75 Å². The van der Waals surface area contributed by atoms with Gasteiger partial charge < -0.3 is 4.74 Å². The zero-order valence-corrected chi connectivity index (χ0v) is 10.2. The van der Waals surface area contributed by atoms with Crippen LogP contribution in [0.3, 0.4) is 0 Å². The molecule has 0 N–H and O–H groups in total. The van der Waals surface area contributed by atoms with Crippen molar-refractivity contribution in [1.82, 2.24) is 0 Å². The van der Waals surface area contributed by atoms with E-state index in [4.69, 9.17) is 4.74 Å². The van der Waals surface area contributed by atoms with Crippen LogP contribution in [0.1, 0.15) is 4.88 Å². The lowest BCUT2D eigenvalue weighted by Gasteiger charge is -2.05. The summed E-state index contributed by atoms with van der Waals surface area (Å²) in [5.74, 6) is -0.580. The summed E-state index contributed by atoms with van der Waals surface area (Å²) >= 11 is 1.58. The summed E-state index contributed by atoms with van der Waals surface area (Å²) in [6.07, 6.45) is 0.644. The second kappa shape index (κ2) is 5.59. The summed E-state index contributed by atoms with van der Waals surface area (Å²) in [7, 11) is 0. The molecule has 1 aromatic carbocycles. The average molecular weight is 267 g/mol. The lowest BCUT2D eigenvalue weighted by Crippen LogP contribution is -2.03. The van der Waals surface area contributed by atoms with Gasteiger partial charge in [-0.3, -0.25) is 10.1 Å². The van der Waals surface area contributed by atoms with E-state index < -0.39 is 10.7 Å². The van der Waals surface area contributed by atoms with E-state index >= 15 is 0 Å². The molecule has 0 atom stereocenters. The number of benzene rings is 1. The van der Waals surface area contributed by atoms with Crippen molar-refractivity contribution in [1.29, 1.82) is 0 Å². The standard InChI is InChI=1S/C12H10FNO3S/c13-9-3-4-11(14(15)16)12(8-9)17-6-5-10-2-1-7-18-10/h1-4,7-8H,5-6H2. The molecular weight excluding hydrogens is 257 g/mol. The number of ether oxygens (including phenoxy) is 1. The van der Waals surface area contributed by atoms with Crippen molar-refractivity contribution < 1.29 is 14.1 Å². The Morgan fingerprint density at radius 1 is 1.39 bits per heavy atom. The fourth-order valence-electron chi connectivity index (χ4n) is 1.47. The van der Waals surface area contributed by atoms with E-state index in [1.165, 1.54) is 0 Å². The maximum absolute atomic E-state index is 13.0. The molecule has 94 valence electrons. The molecule has 0 bridgehead atoms. The highest BCUT2D eigenvalue weighted by Crippen LogP contribution is 2.27. The molecule has 0 amide bonds. The van der Waals surface area contributed by atoms with Gasteiger partial charge in [0, 0.05) is 23.4 Å². The molecule has 0 spiro atoms. The van der Waals surface area contributed by atoms with Crippen molar-refractivity contribution in [2.45, 2.75) is 6.42 Å². The summed E-state index contributed by atoms with van der Waals surface area (Å²) in [6, 6.07) is 7.06. The van der Waals surface area contributed by atoms with Gasteiger partial charge in [0.05, 0.1) is 11.5 Å². The predicted molar refractivity (Wildman–Crippen MR) is 66.6 cm³/mol. The highest BCUT2D eigenvalue weighted by atomic mass is 32.1. The quantitative estimate of drug-likeness (QED) is 0.616. The van der Waals surface area contributed by atoms with E-state index in [-0.39, 0.29) is 18.0 Å². The Labute approximate surface area is 107 Å². The Balaban J connectivity index is 2.03. The third kappa shape index (κ3) is 3.04. The van der Waals surface area contributed by atoms with Gasteiger partial charge in [0.1, 0.15) is 5.82 Å². The summed E-state index contributed by atoms with van der Waals surface area (Å²) in [4.78, 5) is 11.3. The summed E-state index contributed by atoms with van der Waals surface area (Å²) < 4.78 is 18.3. The van der Waals surface area contributed by atoms with Crippen LogP contribution in [0.15, 0.2) is 35.7 Å². The first-order valence-corrected chi connectivity index (χ1v) is 6.14. The van der Waals surface area contributed by atoms with E-state index in [0.717, 1.165) is 23.1 Å². The largest absolute Gasteiger partial charge is 0.486 e. The van der Waals surface area contributed by atoms with Crippen LogP contribution in [0.4, 0.5) is 10.1 Å². The topological polar surface area (TPSA) is 52.4 Å². The van der Waals surface area contributed by atoms with Gasteiger partial charge in [-0.15, -0.1) is 11.3 Å². The number of hydrogen-bond donors (Lipinski definition) is 0. The van der Waals surface area contributed by atoms with Crippen molar-refractivity contribution >= 4 is 17.0 Å². The van der Waals surface area contributed by atoms with Gasteiger partial charge in [0.25, 0.3) is 0 Å². The minimum absolute atomic E-state index is 0.0310. The molecule has 0 saturated carbocycles. The number of rotatable bonds is 5. The van der Waals surface area contributed by atoms with Crippen molar-refractivity contribution in [2.24, 2.45) is 0 Å². The first-order chi connectivity index (χ1) is 8.66. The number of thiophene rings is 1. The molecule has 0 unspecified atom stereocenters. The lowest BCUT2D eigenvalue weighted by atomic mass is 10.3. The number of nitro benzene ring substituents is 1. The van der Waals surface area contributed by atoms with Gasteiger partial charge in [-0.1, -0.05) is 6.07 Å². The third-order valence-corrected chi connectivity index (χ3v) is 3.24. The first kappa shape index (κ1) is 12.5. The summed E-state index contributed by atoms with van der Waals surface area (Å²) in [6.45, 7) is 0.283. The zero-order chi connectivity index (χ0) is 13.0. The van der Waals surface area contributed by atoms with Gasteiger partial charge in [-0.2, -0.15) is 0 Å². The molecule has 2 aromatic rings. The van der Waals surface area contributed by atoms with E-state index in [1.807, 2.05) is 17.5 Å². The van der Waals surface area contributed by atoms with E-state index in [0.29, 0.717) is 6.42 Å². The second-order valence-electron chi connectivity index (χ2n) is 3.55. The lowest BCUT2D eigenvalue weighted by molar-refractivity contribution is -0.385. The average Bonchev–Trinajstić information content (AvgIpc) is 2.82. The Bertz CT molecular complexity index is 542. The van der Waals surface area contributed by atoms with Crippen LogP contribution in [0.2, 0.25) is 0 Å². The van der Waals surface area contributed by atoms with Crippen LogP contribution in [0.25, 0.3) is 0 Å². The maximum atomic E-state index is 13.0. The molecule has 6 heteroatoms. The Morgan fingerprint density at radius 2 is 2.22 bits per heavy atom. The molecule has 0 radical (unpaired) electrons. The summed E-state index contributed by atoms with van der Waals surface area (Å²) in [5.41, 5.74) is -0.220. The number of nitro groups is 1. The molecule has 0 saturated heterocycles. The fourth-order valence-corrected chi connectivity index (χ4v) is 2.16. The zero-order valence-electron chi connectivity index (χ0n) is 9.34. The van der Waals surface area contributed by atoms with E-state index in [2.05, 4.69) is 0 Å². The fraction of sp³-hybridized carbons (Fsp3) is 0.167. The molecular formula is C12H10FNO3S. The van der Waals surface area contributed by atoms with Crippen LogP contribution in [-0.4, -0.2) is 11.5 Å². The Morgan fingerprint density at radius 3 is 2.89 bits per heavy atom. The maximum Gasteiger partial charge on any atom is 0.311 e. The van der Waals surface area contributed by atoms with Gasteiger partial charge in [0.2, 0.25) is 0 Å². The Kier molecular flexibility index (Phi) is 3.88. The minimum Gasteiger partial charge on any atom is -0.486 e. The first-order valence-electron chi connectivity index (χ1n) is 5.26. The molecule has 0 aliphatic carbocycles. The molecule has 1 aromatic heterocycles. The molecule has 0 aliphatic heterocycles. The highest BCUT2D eigenvalue weighted by molar-refractivity contribution is 7.09. The molecule has 2 rings (SSSR count). The van der Waals surface area contributed by atoms with Crippen LogP contribution in [-0.2, 0) is 6.42 Å². The van der Waals surface area contributed by atoms with Gasteiger partial charge in [0.15, 0.2) is 5.75 Å². The molecule has 18 heavy (non-hydrogen) atoms. The van der Waals surface area contributed by atoms with Gasteiger partial charge >= 0.3 is 5.69 Å². The molecule has 1 heterocycles. The molecule has 0 fully saturated rings. The van der Waals surface area contributed by atoms with Crippen molar-refractivity contribution in [3.8, 4) is 5.75 Å². The minimum atomic E-state index is -0.583. The number of nitrogens with zero attached hydrogens (tertiary/aromatic N) is 1. The van der Waals surface area contributed by atoms with Crippen molar-refractivity contribution in [2.75, 3.05) is 6.61 Å². The van der Waals surface area contributed by atoms with Crippen molar-refractivity contribution in [3.05, 3.63) is 56.5 Å². The van der Waals surface area contributed by atoms with Crippen LogP contribution < -0.4 is 4.74 Å². The van der Waals surface area contributed by atoms with Gasteiger partial charge in [-0.25, -0.2) is 4.39 Å².